The summed E-state index contributed by atoms with van der Waals surface area (Å²) in [5, 5.41) is 0. The number of hydrogen-bond acceptors (Lipinski definition) is 1. The van der Waals surface area contributed by atoms with Gasteiger partial charge in [-0.25, -0.2) is 0 Å². The van der Waals surface area contributed by atoms with E-state index >= 15 is 0 Å². The Hall–Kier alpha value is -0.0400. The van der Waals surface area contributed by atoms with Gasteiger partial charge in [-0.15, -0.1) is 0 Å². The van der Waals surface area contributed by atoms with Crippen LogP contribution >= 0.6 is 0 Å². The highest BCUT2D eigenvalue weighted by Gasteiger charge is 2.47. The molecular formula is C6H10O. The van der Waals surface area contributed by atoms with Crippen LogP contribution in [0.25, 0.3) is 0 Å². The van der Waals surface area contributed by atoms with Gasteiger partial charge in [0.2, 0.25) is 0 Å². The SMILES string of the molecule is CC12COC(C1)C2. The molecule has 3 aliphatic rings. The average molecular weight is 98.1 g/mol. The van der Waals surface area contributed by atoms with Gasteiger partial charge in [0.15, 0.2) is 0 Å². The van der Waals surface area contributed by atoms with Gasteiger partial charge in [-0.1, -0.05) is 6.92 Å². The molecule has 0 spiro atoms. The summed E-state index contributed by atoms with van der Waals surface area (Å²) in [5.74, 6) is 0. The monoisotopic (exact) mass is 98.1 g/mol. The van der Waals surface area contributed by atoms with Gasteiger partial charge < -0.3 is 4.74 Å². The normalized spacial score (nSPS) is 57.0. The van der Waals surface area contributed by atoms with E-state index in [4.69, 9.17) is 4.74 Å². The van der Waals surface area contributed by atoms with Crippen molar-refractivity contribution in [3.8, 4) is 0 Å². The molecule has 7 heavy (non-hydrogen) atoms. The smallest absolute Gasteiger partial charge is 0.0587 e. The summed E-state index contributed by atoms with van der Waals surface area (Å²) in [4.78, 5) is 0. The van der Waals surface area contributed by atoms with Gasteiger partial charge in [0.05, 0.1) is 12.7 Å². The van der Waals surface area contributed by atoms with Crippen molar-refractivity contribution < 1.29 is 4.74 Å². The van der Waals surface area contributed by atoms with Gasteiger partial charge in [-0.3, -0.25) is 0 Å². The van der Waals surface area contributed by atoms with Crippen molar-refractivity contribution in [2.24, 2.45) is 5.41 Å². The second-order valence-corrected chi connectivity index (χ2v) is 3.15. The van der Waals surface area contributed by atoms with E-state index in [1.54, 1.807) is 0 Å². The lowest BCUT2D eigenvalue weighted by Crippen LogP contribution is -2.28. The molecule has 1 heteroatoms. The second kappa shape index (κ2) is 0.873. The fourth-order valence-corrected chi connectivity index (χ4v) is 1.59. The van der Waals surface area contributed by atoms with Gasteiger partial charge >= 0.3 is 0 Å². The fourth-order valence-electron chi connectivity index (χ4n) is 1.59. The molecular weight excluding hydrogens is 88.1 g/mol. The maximum absolute atomic E-state index is 5.33. The molecule has 0 N–H and O–H groups in total. The van der Waals surface area contributed by atoms with Crippen molar-refractivity contribution >= 4 is 0 Å². The van der Waals surface area contributed by atoms with Gasteiger partial charge in [0.25, 0.3) is 0 Å². The zero-order valence-corrected chi connectivity index (χ0v) is 4.61. The Balaban J connectivity index is 2.20. The predicted molar refractivity (Wildman–Crippen MR) is 27.1 cm³/mol. The van der Waals surface area contributed by atoms with Crippen molar-refractivity contribution in [3.05, 3.63) is 0 Å². The molecule has 3 fully saturated rings. The topological polar surface area (TPSA) is 9.23 Å². The van der Waals surface area contributed by atoms with Crippen LogP contribution in [0.1, 0.15) is 19.8 Å². The standard InChI is InChI=1S/C6H10O/c1-6-2-5(3-6)7-4-6/h5H,2-4H2,1H3. The Morgan fingerprint density at radius 3 is 2.43 bits per heavy atom. The van der Waals surface area contributed by atoms with Gasteiger partial charge in [0, 0.05) is 0 Å². The fraction of sp³-hybridized carbons (Fsp3) is 1.00. The summed E-state index contributed by atoms with van der Waals surface area (Å²) in [5.41, 5.74) is 0.616. The first-order chi connectivity index (χ1) is 3.29. The molecule has 3 rings (SSSR count). The zero-order chi connectivity index (χ0) is 4.91. The molecule has 1 aliphatic carbocycles. The Morgan fingerprint density at radius 2 is 2.29 bits per heavy atom. The third kappa shape index (κ3) is 0.367. The maximum atomic E-state index is 5.33. The minimum atomic E-state index is 0.616. The first kappa shape index (κ1) is 3.90. The molecule has 40 valence electrons. The van der Waals surface area contributed by atoms with Gasteiger partial charge in [0.1, 0.15) is 0 Å². The molecule has 0 aromatic heterocycles. The third-order valence-corrected chi connectivity index (χ3v) is 2.11. The molecule has 0 aromatic carbocycles. The molecule has 2 aliphatic heterocycles. The number of ether oxygens (including phenoxy) is 1. The van der Waals surface area contributed by atoms with Crippen LogP contribution in [0.15, 0.2) is 0 Å². The van der Waals surface area contributed by atoms with E-state index in [0.717, 1.165) is 6.61 Å². The van der Waals surface area contributed by atoms with E-state index in [-0.39, 0.29) is 0 Å². The number of fused-ring (bicyclic) bond motifs is 1. The van der Waals surface area contributed by atoms with Crippen LogP contribution in [0.3, 0.4) is 0 Å². The molecule has 0 atom stereocenters. The summed E-state index contributed by atoms with van der Waals surface area (Å²) < 4.78 is 5.33. The summed E-state index contributed by atoms with van der Waals surface area (Å²) in [6.07, 6.45) is 3.31. The highest BCUT2D eigenvalue weighted by atomic mass is 16.5. The predicted octanol–water partition coefficient (Wildman–Crippen LogP) is 1.19. The van der Waals surface area contributed by atoms with E-state index in [2.05, 4.69) is 6.92 Å². The largest absolute Gasteiger partial charge is 0.378 e. The van der Waals surface area contributed by atoms with E-state index in [9.17, 15) is 0 Å². The number of rotatable bonds is 0. The summed E-state index contributed by atoms with van der Waals surface area (Å²) in [6, 6.07) is 0. The maximum Gasteiger partial charge on any atom is 0.0587 e. The molecule has 0 aromatic rings. The lowest BCUT2D eigenvalue weighted by Gasteiger charge is -2.30. The summed E-state index contributed by atoms with van der Waals surface area (Å²) in [7, 11) is 0. The van der Waals surface area contributed by atoms with Crippen LogP contribution in [-0.4, -0.2) is 12.7 Å². The molecule has 1 saturated carbocycles. The van der Waals surface area contributed by atoms with Crippen LogP contribution in [-0.2, 0) is 4.74 Å². The molecule has 0 unspecified atom stereocenters. The van der Waals surface area contributed by atoms with Gasteiger partial charge in [-0.2, -0.15) is 0 Å². The van der Waals surface area contributed by atoms with Crippen molar-refractivity contribution in [2.75, 3.05) is 6.61 Å². The molecule has 2 bridgehead atoms. The van der Waals surface area contributed by atoms with Gasteiger partial charge in [-0.05, 0) is 18.3 Å². The summed E-state index contributed by atoms with van der Waals surface area (Å²) >= 11 is 0. The van der Waals surface area contributed by atoms with Crippen LogP contribution < -0.4 is 0 Å². The van der Waals surface area contributed by atoms with Crippen molar-refractivity contribution in [1.29, 1.82) is 0 Å². The van der Waals surface area contributed by atoms with E-state index in [1.165, 1.54) is 12.8 Å². The Labute approximate surface area is 43.7 Å². The lowest BCUT2D eigenvalue weighted by atomic mass is 9.72. The highest BCUT2D eigenvalue weighted by molar-refractivity contribution is 4.96. The molecule has 2 saturated heterocycles. The average Bonchev–Trinajstić information content (AvgIpc) is 1.88. The van der Waals surface area contributed by atoms with E-state index in [1.807, 2.05) is 0 Å². The Bertz CT molecular complexity index is 86.8. The molecule has 2 heterocycles. The third-order valence-electron chi connectivity index (χ3n) is 2.11. The van der Waals surface area contributed by atoms with E-state index in [0.29, 0.717) is 11.5 Å². The molecule has 0 amide bonds. The highest BCUT2D eigenvalue weighted by Crippen LogP contribution is 2.49. The van der Waals surface area contributed by atoms with Crippen LogP contribution in [0, 0.1) is 5.41 Å². The lowest BCUT2D eigenvalue weighted by molar-refractivity contribution is 0.116. The van der Waals surface area contributed by atoms with Crippen molar-refractivity contribution in [1.82, 2.24) is 0 Å². The van der Waals surface area contributed by atoms with Crippen LogP contribution in [0.2, 0.25) is 0 Å². The quantitative estimate of drug-likeness (QED) is 0.442. The van der Waals surface area contributed by atoms with Crippen LogP contribution in [0.4, 0.5) is 0 Å². The Morgan fingerprint density at radius 1 is 1.57 bits per heavy atom. The minimum Gasteiger partial charge on any atom is -0.378 e. The minimum absolute atomic E-state index is 0.616. The number of hydrogen-bond donors (Lipinski definition) is 0. The van der Waals surface area contributed by atoms with Crippen molar-refractivity contribution in [2.45, 2.75) is 25.9 Å². The van der Waals surface area contributed by atoms with Crippen molar-refractivity contribution in [3.63, 3.8) is 0 Å². The molecule has 1 nitrogen and oxygen atoms in total. The molecule has 0 radical (unpaired) electrons. The second-order valence-electron chi connectivity index (χ2n) is 3.15. The first-order valence-corrected chi connectivity index (χ1v) is 2.90. The summed E-state index contributed by atoms with van der Waals surface area (Å²) in [6.45, 7) is 3.33. The first-order valence-electron chi connectivity index (χ1n) is 2.90. The zero-order valence-electron chi connectivity index (χ0n) is 4.61. The van der Waals surface area contributed by atoms with E-state index < -0.39 is 0 Å². The Kier molecular flexibility index (Phi) is 0.487. The van der Waals surface area contributed by atoms with Crippen LogP contribution in [0.5, 0.6) is 0 Å².